The van der Waals surface area contributed by atoms with Crippen LogP contribution >= 0.6 is 11.3 Å². The summed E-state index contributed by atoms with van der Waals surface area (Å²) in [5.41, 5.74) is 1.25. The SMILES string of the molecule is CN1CCN(C(CC2CC2)c2nc3sccc3c(=O)n2Cc2ccccc2)CC1. The molecule has 1 unspecified atom stereocenters. The molecule has 0 bridgehead atoms. The third kappa shape index (κ3) is 4.02. The number of nitrogens with zero attached hydrogens (tertiary/aromatic N) is 4. The Morgan fingerprint density at radius 1 is 1.10 bits per heavy atom. The molecule has 152 valence electrons. The third-order valence-corrected chi connectivity index (χ3v) is 7.13. The van der Waals surface area contributed by atoms with Crippen molar-refractivity contribution >= 4 is 21.6 Å². The van der Waals surface area contributed by atoms with Crippen LogP contribution in [0.2, 0.25) is 0 Å². The molecule has 1 atom stereocenters. The average Bonchev–Trinajstić information content (AvgIpc) is 3.44. The molecule has 3 heterocycles. The molecule has 0 spiro atoms. The van der Waals surface area contributed by atoms with E-state index in [-0.39, 0.29) is 11.6 Å². The van der Waals surface area contributed by atoms with E-state index in [2.05, 4.69) is 29.0 Å². The van der Waals surface area contributed by atoms with Crippen molar-refractivity contribution in [2.45, 2.75) is 31.8 Å². The molecule has 2 fully saturated rings. The fraction of sp³-hybridized carbons (Fsp3) is 0.478. The first kappa shape index (κ1) is 19.0. The number of likely N-dealkylation sites (N-methyl/N-ethyl adjacent to an activating group) is 1. The zero-order valence-corrected chi connectivity index (χ0v) is 17.8. The Morgan fingerprint density at radius 3 is 2.59 bits per heavy atom. The second-order valence-corrected chi connectivity index (χ2v) is 9.42. The van der Waals surface area contributed by atoms with E-state index in [9.17, 15) is 4.79 Å². The fourth-order valence-corrected chi connectivity index (χ4v) is 5.12. The summed E-state index contributed by atoms with van der Waals surface area (Å²) in [5, 5.41) is 2.74. The van der Waals surface area contributed by atoms with E-state index in [1.54, 1.807) is 11.3 Å². The van der Waals surface area contributed by atoms with Gasteiger partial charge in [0, 0.05) is 26.2 Å². The maximum atomic E-state index is 13.5. The van der Waals surface area contributed by atoms with Crippen LogP contribution in [0.15, 0.2) is 46.6 Å². The normalized spacial score (nSPS) is 19.6. The summed E-state index contributed by atoms with van der Waals surface area (Å²) in [5.74, 6) is 1.74. The molecule has 1 aliphatic heterocycles. The molecular weight excluding hydrogens is 380 g/mol. The molecule has 2 aliphatic rings. The van der Waals surface area contributed by atoms with Crippen LogP contribution in [0.3, 0.4) is 0 Å². The van der Waals surface area contributed by atoms with Crippen molar-refractivity contribution in [3.63, 3.8) is 0 Å². The van der Waals surface area contributed by atoms with Gasteiger partial charge in [-0.05, 0) is 36.4 Å². The lowest BCUT2D eigenvalue weighted by Gasteiger charge is -2.38. The summed E-state index contributed by atoms with van der Waals surface area (Å²) in [6.07, 6.45) is 3.74. The van der Waals surface area contributed by atoms with Gasteiger partial charge in [0.25, 0.3) is 5.56 Å². The standard InChI is InChI=1S/C23H28N4OS/c1-25-10-12-26(13-11-25)20(15-17-7-8-17)21-24-22-19(9-14-29-22)23(28)27(21)16-18-5-3-2-4-6-18/h2-6,9,14,17,20H,7-8,10-13,15-16H2,1H3. The minimum absolute atomic E-state index is 0.102. The molecule has 29 heavy (non-hydrogen) atoms. The number of thiophene rings is 1. The van der Waals surface area contributed by atoms with Gasteiger partial charge in [-0.1, -0.05) is 43.2 Å². The van der Waals surface area contributed by atoms with Crippen molar-refractivity contribution in [2.75, 3.05) is 33.2 Å². The minimum Gasteiger partial charge on any atom is -0.304 e. The van der Waals surface area contributed by atoms with Crippen molar-refractivity contribution in [1.82, 2.24) is 19.4 Å². The highest BCUT2D eigenvalue weighted by Crippen LogP contribution is 2.40. The van der Waals surface area contributed by atoms with Crippen molar-refractivity contribution in [3.8, 4) is 0 Å². The summed E-state index contributed by atoms with van der Waals surface area (Å²) in [6, 6.07) is 12.4. The summed E-state index contributed by atoms with van der Waals surface area (Å²) < 4.78 is 1.95. The predicted octanol–water partition coefficient (Wildman–Crippen LogP) is 3.59. The maximum Gasteiger partial charge on any atom is 0.262 e. The summed E-state index contributed by atoms with van der Waals surface area (Å²) in [7, 11) is 2.19. The molecule has 0 N–H and O–H groups in total. The van der Waals surface area contributed by atoms with E-state index in [0.29, 0.717) is 6.54 Å². The highest BCUT2D eigenvalue weighted by atomic mass is 32.1. The molecule has 1 aromatic carbocycles. The van der Waals surface area contributed by atoms with Crippen LogP contribution in [0.25, 0.3) is 10.2 Å². The van der Waals surface area contributed by atoms with Crippen LogP contribution in [0, 0.1) is 5.92 Å². The highest BCUT2D eigenvalue weighted by Gasteiger charge is 2.34. The van der Waals surface area contributed by atoms with Gasteiger partial charge in [-0.2, -0.15) is 0 Å². The van der Waals surface area contributed by atoms with E-state index < -0.39 is 0 Å². The number of hydrogen-bond acceptors (Lipinski definition) is 5. The van der Waals surface area contributed by atoms with Crippen molar-refractivity contribution in [3.05, 3.63) is 63.5 Å². The Morgan fingerprint density at radius 2 is 1.86 bits per heavy atom. The van der Waals surface area contributed by atoms with Gasteiger partial charge in [0.1, 0.15) is 10.7 Å². The van der Waals surface area contributed by atoms with Crippen LogP contribution < -0.4 is 5.56 Å². The summed E-state index contributed by atoms with van der Waals surface area (Å²) >= 11 is 1.58. The number of fused-ring (bicyclic) bond motifs is 1. The third-order valence-electron chi connectivity index (χ3n) is 6.33. The van der Waals surface area contributed by atoms with Crippen molar-refractivity contribution in [2.24, 2.45) is 5.92 Å². The number of piperazine rings is 1. The van der Waals surface area contributed by atoms with E-state index in [4.69, 9.17) is 4.98 Å². The monoisotopic (exact) mass is 408 g/mol. The first-order chi connectivity index (χ1) is 14.2. The molecule has 0 amide bonds. The zero-order chi connectivity index (χ0) is 19.8. The van der Waals surface area contributed by atoms with Gasteiger partial charge in [0.2, 0.25) is 0 Å². The van der Waals surface area contributed by atoms with Crippen LogP contribution in [0.4, 0.5) is 0 Å². The summed E-state index contributed by atoms with van der Waals surface area (Å²) in [6.45, 7) is 4.81. The van der Waals surface area contributed by atoms with Gasteiger partial charge in [0.15, 0.2) is 0 Å². The van der Waals surface area contributed by atoms with E-state index in [0.717, 1.165) is 60.1 Å². The van der Waals surface area contributed by atoms with Gasteiger partial charge >= 0.3 is 0 Å². The molecule has 5 rings (SSSR count). The molecule has 1 saturated carbocycles. The zero-order valence-electron chi connectivity index (χ0n) is 17.0. The largest absolute Gasteiger partial charge is 0.304 e. The Bertz CT molecular complexity index is 1030. The van der Waals surface area contributed by atoms with Crippen molar-refractivity contribution in [1.29, 1.82) is 0 Å². The second-order valence-electron chi connectivity index (χ2n) is 8.52. The first-order valence-electron chi connectivity index (χ1n) is 10.6. The Balaban J connectivity index is 1.60. The fourth-order valence-electron chi connectivity index (χ4n) is 4.36. The molecule has 6 heteroatoms. The summed E-state index contributed by atoms with van der Waals surface area (Å²) in [4.78, 5) is 24.4. The van der Waals surface area contributed by atoms with Crippen molar-refractivity contribution < 1.29 is 0 Å². The number of hydrogen-bond donors (Lipinski definition) is 0. The molecule has 1 aliphatic carbocycles. The minimum atomic E-state index is 0.102. The maximum absolute atomic E-state index is 13.5. The van der Waals surface area contributed by atoms with Crippen LogP contribution in [-0.4, -0.2) is 52.6 Å². The topological polar surface area (TPSA) is 41.4 Å². The quantitative estimate of drug-likeness (QED) is 0.625. The van der Waals surface area contributed by atoms with Gasteiger partial charge in [-0.25, -0.2) is 4.98 Å². The number of aromatic nitrogens is 2. The first-order valence-corrected chi connectivity index (χ1v) is 11.5. The van der Waals surface area contributed by atoms with Gasteiger partial charge in [0.05, 0.1) is 18.0 Å². The second kappa shape index (κ2) is 8.01. The van der Waals surface area contributed by atoms with E-state index in [1.807, 2.05) is 34.2 Å². The van der Waals surface area contributed by atoms with E-state index >= 15 is 0 Å². The van der Waals surface area contributed by atoms with Crippen LogP contribution in [-0.2, 0) is 6.54 Å². The lowest BCUT2D eigenvalue weighted by molar-refractivity contribution is 0.0972. The van der Waals surface area contributed by atoms with Gasteiger partial charge < -0.3 is 4.90 Å². The molecular formula is C23H28N4OS. The Labute approximate surface area is 175 Å². The number of rotatable bonds is 6. The van der Waals surface area contributed by atoms with Crippen LogP contribution in [0.5, 0.6) is 0 Å². The van der Waals surface area contributed by atoms with Crippen LogP contribution in [0.1, 0.15) is 36.7 Å². The molecule has 0 radical (unpaired) electrons. The molecule has 2 aromatic heterocycles. The average molecular weight is 409 g/mol. The Kier molecular flexibility index (Phi) is 5.24. The lowest BCUT2D eigenvalue weighted by atomic mass is 10.1. The van der Waals surface area contributed by atoms with Gasteiger partial charge in [-0.15, -0.1) is 11.3 Å². The number of benzene rings is 1. The van der Waals surface area contributed by atoms with E-state index in [1.165, 1.54) is 12.8 Å². The molecule has 5 nitrogen and oxygen atoms in total. The molecule has 3 aromatic rings. The molecule has 1 saturated heterocycles. The predicted molar refractivity (Wildman–Crippen MR) is 119 cm³/mol. The lowest BCUT2D eigenvalue weighted by Crippen LogP contribution is -2.47. The highest BCUT2D eigenvalue weighted by molar-refractivity contribution is 7.16. The smallest absolute Gasteiger partial charge is 0.262 e. The van der Waals surface area contributed by atoms with Gasteiger partial charge in [-0.3, -0.25) is 14.3 Å². The Hall–Kier alpha value is -2.02.